The number of hydrogen-bond acceptors (Lipinski definition) is 5. The summed E-state index contributed by atoms with van der Waals surface area (Å²) in [5, 5.41) is 24.0. The number of nitrogens with one attached hydrogen (secondary N) is 1. The first kappa shape index (κ1) is 19.1. The maximum absolute atomic E-state index is 12.6. The molecule has 140 valence electrons. The van der Waals surface area contributed by atoms with Gasteiger partial charge in [0.25, 0.3) is 11.6 Å². The summed E-state index contributed by atoms with van der Waals surface area (Å²) in [7, 11) is 0. The second kappa shape index (κ2) is 7.12. The summed E-state index contributed by atoms with van der Waals surface area (Å²) in [6, 6.07) is 8.04. The van der Waals surface area contributed by atoms with Crippen molar-refractivity contribution in [2.45, 2.75) is 40.0 Å². The molecular formula is C20H21N3O3S. The SMILES string of the molecule is CC(C)(C)[C@@H]1CCc2c(sc(NC(=O)c3ccccc3[N+](=O)[O-])c2C#N)C1. The first-order chi connectivity index (χ1) is 12.7. The average Bonchev–Trinajstić information content (AvgIpc) is 2.96. The van der Waals surface area contributed by atoms with E-state index >= 15 is 0 Å². The van der Waals surface area contributed by atoms with Crippen LogP contribution in [0.1, 0.15) is 53.6 Å². The Morgan fingerprint density at radius 1 is 1.37 bits per heavy atom. The van der Waals surface area contributed by atoms with Crippen molar-refractivity contribution in [1.29, 1.82) is 5.26 Å². The number of carbonyl (C=O) groups is 1. The molecule has 0 spiro atoms. The van der Waals surface area contributed by atoms with Crippen molar-refractivity contribution >= 4 is 27.9 Å². The molecule has 1 N–H and O–H groups in total. The van der Waals surface area contributed by atoms with Crippen LogP contribution in [0.2, 0.25) is 0 Å². The molecule has 7 heteroatoms. The van der Waals surface area contributed by atoms with Gasteiger partial charge in [-0.3, -0.25) is 14.9 Å². The fourth-order valence-electron chi connectivity index (χ4n) is 3.53. The van der Waals surface area contributed by atoms with Crippen LogP contribution in [0.5, 0.6) is 0 Å². The molecule has 1 aromatic heterocycles. The number of rotatable bonds is 3. The minimum absolute atomic E-state index is 0.00895. The smallest absolute Gasteiger partial charge is 0.282 e. The zero-order valence-electron chi connectivity index (χ0n) is 15.5. The van der Waals surface area contributed by atoms with Crippen LogP contribution in [0.4, 0.5) is 10.7 Å². The lowest BCUT2D eigenvalue weighted by Gasteiger charge is -2.33. The standard InChI is InChI=1S/C20H21N3O3S/c1-20(2,3)12-8-9-13-15(11-21)19(27-17(13)10-12)22-18(24)14-6-4-5-7-16(14)23(25)26/h4-7,12H,8-10H2,1-3H3,(H,22,24)/t12-/m1/s1. The highest BCUT2D eigenvalue weighted by molar-refractivity contribution is 7.16. The van der Waals surface area contributed by atoms with Gasteiger partial charge in [-0.05, 0) is 42.2 Å². The number of hydrogen-bond donors (Lipinski definition) is 1. The predicted molar refractivity (Wildman–Crippen MR) is 105 cm³/mol. The zero-order chi connectivity index (χ0) is 19.8. The summed E-state index contributed by atoms with van der Waals surface area (Å²) >= 11 is 1.42. The molecule has 0 unspecified atom stereocenters. The molecule has 0 saturated heterocycles. The van der Waals surface area contributed by atoms with Crippen LogP contribution in [0.25, 0.3) is 0 Å². The van der Waals surface area contributed by atoms with E-state index in [4.69, 9.17) is 0 Å². The number of nitrogens with zero attached hydrogens (tertiary/aromatic N) is 2. The van der Waals surface area contributed by atoms with Crippen LogP contribution in [0.15, 0.2) is 24.3 Å². The maximum atomic E-state index is 12.6. The van der Waals surface area contributed by atoms with E-state index in [0.29, 0.717) is 16.5 Å². The largest absolute Gasteiger partial charge is 0.312 e. The molecule has 0 radical (unpaired) electrons. The fourth-order valence-corrected chi connectivity index (χ4v) is 4.80. The Bertz CT molecular complexity index is 950. The van der Waals surface area contributed by atoms with Gasteiger partial charge in [0.1, 0.15) is 16.6 Å². The summed E-state index contributed by atoms with van der Waals surface area (Å²) < 4.78 is 0. The molecule has 1 heterocycles. The van der Waals surface area contributed by atoms with Gasteiger partial charge < -0.3 is 5.32 Å². The molecular weight excluding hydrogens is 362 g/mol. The molecule has 6 nitrogen and oxygen atoms in total. The predicted octanol–water partition coefficient (Wildman–Crippen LogP) is 4.93. The van der Waals surface area contributed by atoms with E-state index in [9.17, 15) is 20.2 Å². The lowest BCUT2D eigenvalue weighted by atomic mass is 9.72. The molecule has 0 fully saturated rings. The van der Waals surface area contributed by atoms with E-state index in [1.807, 2.05) is 0 Å². The van der Waals surface area contributed by atoms with Crippen LogP contribution in [-0.4, -0.2) is 10.8 Å². The average molecular weight is 383 g/mol. The van der Waals surface area contributed by atoms with E-state index in [1.54, 1.807) is 6.07 Å². The summed E-state index contributed by atoms with van der Waals surface area (Å²) in [6.07, 6.45) is 2.72. The highest BCUT2D eigenvalue weighted by Crippen LogP contribution is 2.44. The third-order valence-corrected chi connectivity index (χ3v) is 6.34. The fraction of sp³-hybridized carbons (Fsp3) is 0.400. The van der Waals surface area contributed by atoms with Crippen molar-refractivity contribution in [3.8, 4) is 6.07 Å². The third kappa shape index (κ3) is 3.71. The number of anilines is 1. The van der Waals surface area contributed by atoms with Crippen molar-refractivity contribution in [3.05, 3.63) is 55.9 Å². The number of nitro benzene ring substituents is 1. The second-order valence-corrected chi connectivity index (χ2v) is 8.96. The first-order valence-electron chi connectivity index (χ1n) is 8.81. The number of benzene rings is 1. The number of fused-ring (bicyclic) bond motifs is 1. The van der Waals surface area contributed by atoms with Gasteiger partial charge in [0.2, 0.25) is 0 Å². The minimum Gasteiger partial charge on any atom is -0.312 e. The van der Waals surface area contributed by atoms with Gasteiger partial charge >= 0.3 is 0 Å². The van der Waals surface area contributed by atoms with Crippen molar-refractivity contribution < 1.29 is 9.72 Å². The molecule has 27 heavy (non-hydrogen) atoms. The van der Waals surface area contributed by atoms with Gasteiger partial charge in [-0.15, -0.1) is 11.3 Å². The monoisotopic (exact) mass is 383 g/mol. The number of nitro groups is 1. The van der Waals surface area contributed by atoms with Gasteiger partial charge in [0.15, 0.2) is 0 Å². The van der Waals surface area contributed by atoms with Crippen molar-refractivity contribution in [3.63, 3.8) is 0 Å². The van der Waals surface area contributed by atoms with Crippen LogP contribution in [0, 0.1) is 32.8 Å². The van der Waals surface area contributed by atoms with E-state index in [1.165, 1.54) is 29.5 Å². The second-order valence-electron chi connectivity index (χ2n) is 7.85. The number of carbonyl (C=O) groups excluding carboxylic acids is 1. The van der Waals surface area contributed by atoms with Crippen LogP contribution < -0.4 is 5.32 Å². The molecule has 1 amide bonds. The Morgan fingerprint density at radius 3 is 2.70 bits per heavy atom. The Labute approximate surface area is 162 Å². The van der Waals surface area contributed by atoms with Crippen molar-refractivity contribution in [1.82, 2.24) is 0 Å². The Hall–Kier alpha value is -2.72. The summed E-state index contributed by atoms with van der Waals surface area (Å²) in [6.45, 7) is 6.66. The van der Waals surface area contributed by atoms with Crippen LogP contribution >= 0.6 is 11.3 Å². The van der Waals surface area contributed by atoms with Gasteiger partial charge in [-0.25, -0.2) is 0 Å². The molecule has 0 bridgehead atoms. The highest BCUT2D eigenvalue weighted by atomic mass is 32.1. The molecule has 1 aliphatic rings. The summed E-state index contributed by atoms with van der Waals surface area (Å²) in [5.74, 6) is -0.0428. The van der Waals surface area contributed by atoms with Crippen molar-refractivity contribution in [2.24, 2.45) is 11.3 Å². The molecule has 1 aromatic carbocycles. The topological polar surface area (TPSA) is 96.0 Å². The molecule has 1 aliphatic carbocycles. The van der Waals surface area contributed by atoms with E-state index < -0.39 is 10.8 Å². The first-order valence-corrected chi connectivity index (χ1v) is 9.63. The number of thiophene rings is 1. The zero-order valence-corrected chi connectivity index (χ0v) is 16.4. The van der Waals surface area contributed by atoms with Gasteiger partial charge in [0, 0.05) is 10.9 Å². The normalized spacial score (nSPS) is 16.3. The van der Waals surface area contributed by atoms with E-state index in [-0.39, 0.29) is 16.7 Å². The molecule has 2 aromatic rings. The molecule has 1 atom stereocenters. The lowest BCUT2D eigenvalue weighted by molar-refractivity contribution is -0.385. The quantitative estimate of drug-likeness (QED) is 0.600. The lowest BCUT2D eigenvalue weighted by Crippen LogP contribution is -2.26. The summed E-state index contributed by atoms with van der Waals surface area (Å²) in [4.78, 5) is 24.4. The maximum Gasteiger partial charge on any atom is 0.282 e. The number of para-hydroxylation sites is 1. The summed E-state index contributed by atoms with van der Waals surface area (Å²) in [5.41, 5.74) is 1.44. The highest BCUT2D eigenvalue weighted by Gasteiger charge is 2.32. The number of nitriles is 1. The van der Waals surface area contributed by atoms with Gasteiger partial charge in [-0.1, -0.05) is 32.9 Å². The Kier molecular flexibility index (Phi) is 5.03. The third-order valence-electron chi connectivity index (χ3n) is 5.17. The van der Waals surface area contributed by atoms with Crippen molar-refractivity contribution in [2.75, 3.05) is 5.32 Å². The van der Waals surface area contributed by atoms with E-state index in [2.05, 4.69) is 32.2 Å². The number of amides is 1. The van der Waals surface area contributed by atoms with E-state index in [0.717, 1.165) is 29.7 Å². The Morgan fingerprint density at radius 2 is 2.07 bits per heavy atom. The molecule has 0 aliphatic heterocycles. The Balaban J connectivity index is 1.91. The molecule has 3 rings (SSSR count). The van der Waals surface area contributed by atoms with Crippen LogP contribution in [-0.2, 0) is 12.8 Å². The van der Waals surface area contributed by atoms with Gasteiger partial charge in [-0.2, -0.15) is 5.26 Å². The van der Waals surface area contributed by atoms with Gasteiger partial charge in [0.05, 0.1) is 10.5 Å². The van der Waals surface area contributed by atoms with Crippen LogP contribution in [0.3, 0.4) is 0 Å². The minimum atomic E-state index is -0.576. The molecule has 0 saturated carbocycles.